The fourth-order valence-corrected chi connectivity index (χ4v) is 5.73. The Kier molecular flexibility index (Phi) is 7.26. The van der Waals surface area contributed by atoms with E-state index in [0.717, 1.165) is 18.6 Å². The van der Waals surface area contributed by atoms with Gasteiger partial charge < -0.3 is 30.7 Å². The van der Waals surface area contributed by atoms with Gasteiger partial charge in [-0.25, -0.2) is 9.18 Å². The van der Waals surface area contributed by atoms with Gasteiger partial charge in [0.15, 0.2) is 0 Å². The van der Waals surface area contributed by atoms with Gasteiger partial charge in [-0.3, -0.25) is 4.79 Å². The minimum absolute atomic E-state index is 0.00110. The van der Waals surface area contributed by atoms with Crippen molar-refractivity contribution in [3.05, 3.63) is 35.1 Å². The Balaban J connectivity index is 1.48. The number of urea groups is 1. The van der Waals surface area contributed by atoms with Crippen molar-refractivity contribution in [2.75, 3.05) is 33.4 Å². The number of nitrogens with zero attached hydrogens (tertiary/aromatic N) is 1. The van der Waals surface area contributed by atoms with E-state index in [1.54, 1.807) is 7.11 Å². The third-order valence-corrected chi connectivity index (χ3v) is 7.43. The summed E-state index contributed by atoms with van der Waals surface area (Å²) in [7, 11) is 1.62. The van der Waals surface area contributed by atoms with Gasteiger partial charge in [-0.05, 0) is 48.9 Å². The van der Waals surface area contributed by atoms with Crippen LogP contribution in [0.1, 0.15) is 30.4 Å². The Hall–Kier alpha value is -2.44. The normalized spacial score (nSPS) is 30.8. The largest absolute Gasteiger partial charge is 0.416 e. The van der Waals surface area contributed by atoms with Crippen LogP contribution in [0, 0.1) is 17.2 Å². The zero-order chi connectivity index (χ0) is 25.4. The molecular weight excluding hydrogens is 472 g/mol. The van der Waals surface area contributed by atoms with Crippen LogP contribution in [0.2, 0.25) is 0 Å². The van der Waals surface area contributed by atoms with Crippen molar-refractivity contribution in [3.8, 4) is 0 Å². The van der Waals surface area contributed by atoms with Crippen molar-refractivity contribution < 1.29 is 36.6 Å². The van der Waals surface area contributed by atoms with Gasteiger partial charge in [-0.15, -0.1) is 0 Å². The number of methoxy groups -OCH3 is 1. The van der Waals surface area contributed by atoms with Crippen molar-refractivity contribution >= 4 is 11.9 Å². The Morgan fingerprint density at radius 1 is 1.31 bits per heavy atom. The lowest BCUT2D eigenvalue weighted by Gasteiger charge is -2.34. The molecule has 35 heavy (non-hydrogen) atoms. The molecule has 3 amide bonds. The first-order chi connectivity index (χ1) is 16.5. The highest BCUT2D eigenvalue weighted by molar-refractivity contribution is 5.86. The summed E-state index contributed by atoms with van der Waals surface area (Å²) in [4.78, 5) is 26.7. The van der Waals surface area contributed by atoms with Crippen LogP contribution in [0.15, 0.2) is 18.2 Å². The second-order valence-corrected chi connectivity index (χ2v) is 9.65. The molecule has 1 aromatic carbocycles. The number of nitrogens with one attached hydrogen (secondary N) is 2. The number of benzene rings is 1. The van der Waals surface area contributed by atoms with Crippen LogP contribution >= 0.6 is 0 Å². The molecule has 5 atom stereocenters. The first kappa shape index (κ1) is 25.6. The fraction of sp³-hybridized carbons (Fsp3) is 0.652. The molecule has 8 nitrogen and oxygen atoms in total. The van der Waals surface area contributed by atoms with Crippen molar-refractivity contribution in [2.24, 2.45) is 17.1 Å². The first-order valence-electron chi connectivity index (χ1n) is 11.6. The molecule has 0 unspecified atom stereocenters. The lowest BCUT2D eigenvalue weighted by molar-refractivity contribution is -0.137. The summed E-state index contributed by atoms with van der Waals surface area (Å²) < 4.78 is 63.9. The molecular formula is C23H30F4N4O4. The van der Waals surface area contributed by atoms with E-state index in [0.29, 0.717) is 38.7 Å². The average molecular weight is 503 g/mol. The molecule has 3 aliphatic rings. The highest BCUT2D eigenvalue weighted by atomic mass is 19.4. The minimum Gasteiger partial charge on any atom is -0.379 e. The Morgan fingerprint density at radius 3 is 2.77 bits per heavy atom. The Bertz CT molecular complexity index is 962. The molecule has 0 radical (unpaired) electrons. The van der Waals surface area contributed by atoms with Crippen LogP contribution in [0.3, 0.4) is 0 Å². The minimum atomic E-state index is -4.70. The summed E-state index contributed by atoms with van der Waals surface area (Å²) in [6.07, 6.45) is -3.01. The zero-order valence-electron chi connectivity index (χ0n) is 19.4. The number of hydrogen-bond acceptors (Lipinski definition) is 5. The number of fused-ring (bicyclic) bond motifs is 1. The Labute approximate surface area is 200 Å². The lowest BCUT2D eigenvalue weighted by Crippen LogP contribution is -2.52. The highest BCUT2D eigenvalue weighted by Gasteiger charge is 2.58. The number of likely N-dealkylation sites (tertiary alicyclic amines) is 1. The molecule has 4 N–H and O–H groups in total. The molecule has 1 aromatic rings. The highest BCUT2D eigenvalue weighted by Crippen LogP contribution is 2.49. The van der Waals surface area contributed by atoms with Crippen molar-refractivity contribution in [3.63, 3.8) is 0 Å². The quantitative estimate of drug-likeness (QED) is 0.517. The van der Waals surface area contributed by atoms with Gasteiger partial charge in [0, 0.05) is 45.4 Å². The van der Waals surface area contributed by atoms with Crippen LogP contribution < -0.4 is 16.4 Å². The second-order valence-electron chi connectivity index (χ2n) is 9.65. The van der Waals surface area contributed by atoms with Gasteiger partial charge in [0.2, 0.25) is 5.91 Å². The summed E-state index contributed by atoms with van der Waals surface area (Å²) in [6, 6.07) is 1.60. The van der Waals surface area contributed by atoms with E-state index < -0.39 is 29.0 Å². The number of alkyl halides is 3. The predicted molar refractivity (Wildman–Crippen MR) is 117 cm³/mol. The van der Waals surface area contributed by atoms with Crippen LogP contribution in [0.5, 0.6) is 0 Å². The number of primary amides is 1. The standard InChI is InChI=1S/C23H30F4N4O4/c1-34-19-11-35-3-2-18(19)30-17-7-15-10-31(21(28)33)12-22(15,8-17)20(32)29-9-13-4-14(23(25,26)27)6-16(24)5-13/h4-6,15,17-19,30H,2-3,7-12H2,1H3,(H2,28,33)(H,29,32)/t15-,17+,18-,19+,22-/m0/s1. The predicted octanol–water partition coefficient (Wildman–Crippen LogP) is 2.01. The third-order valence-electron chi connectivity index (χ3n) is 7.43. The number of carbonyl (C=O) groups is 2. The van der Waals surface area contributed by atoms with Gasteiger partial charge in [-0.2, -0.15) is 13.2 Å². The zero-order valence-corrected chi connectivity index (χ0v) is 19.4. The van der Waals surface area contributed by atoms with E-state index >= 15 is 0 Å². The molecule has 2 saturated heterocycles. The van der Waals surface area contributed by atoms with Crippen LogP contribution in [-0.2, 0) is 27.0 Å². The summed E-state index contributed by atoms with van der Waals surface area (Å²) >= 11 is 0. The van der Waals surface area contributed by atoms with Crippen LogP contribution in [0.25, 0.3) is 0 Å². The molecule has 3 fully saturated rings. The van der Waals surface area contributed by atoms with Gasteiger partial charge >= 0.3 is 12.2 Å². The molecule has 1 aliphatic carbocycles. The number of nitrogens with two attached hydrogens (primary N) is 1. The molecule has 1 saturated carbocycles. The number of halogens is 4. The maximum absolute atomic E-state index is 13.8. The van der Waals surface area contributed by atoms with E-state index in [9.17, 15) is 27.2 Å². The molecule has 0 bridgehead atoms. The van der Waals surface area contributed by atoms with Gasteiger partial charge in [0.05, 0.1) is 23.7 Å². The van der Waals surface area contributed by atoms with Crippen molar-refractivity contribution in [2.45, 2.75) is 50.2 Å². The number of hydrogen-bond donors (Lipinski definition) is 3. The summed E-state index contributed by atoms with van der Waals surface area (Å²) in [6.45, 7) is 1.24. The third kappa shape index (κ3) is 5.39. The van der Waals surface area contributed by atoms with Gasteiger partial charge in [-0.1, -0.05) is 0 Å². The first-order valence-corrected chi connectivity index (χ1v) is 11.6. The maximum Gasteiger partial charge on any atom is 0.416 e. The SMILES string of the molecule is CO[C@@H]1COCC[C@@H]1N[C@@H]1C[C@H]2CN(C(N)=O)C[C@@]2(C(=O)NCc2cc(F)cc(C(F)(F)F)c2)C1. The number of carbonyl (C=O) groups excluding carboxylic acids is 2. The van der Waals surface area contributed by atoms with E-state index in [-0.39, 0.29) is 48.7 Å². The summed E-state index contributed by atoms with van der Waals surface area (Å²) in [5.74, 6) is -1.59. The topological polar surface area (TPSA) is 106 Å². The summed E-state index contributed by atoms with van der Waals surface area (Å²) in [5, 5.41) is 6.27. The van der Waals surface area contributed by atoms with Gasteiger partial charge in [0.1, 0.15) is 5.82 Å². The van der Waals surface area contributed by atoms with E-state index in [1.807, 2.05) is 0 Å². The molecule has 0 spiro atoms. The Morgan fingerprint density at radius 2 is 2.09 bits per heavy atom. The smallest absolute Gasteiger partial charge is 0.379 e. The monoisotopic (exact) mass is 502 g/mol. The average Bonchev–Trinajstić information content (AvgIpc) is 3.32. The fourth-order valence-electron chi connectivity index (χ4n) is 5.73. The number of amides is 3. The van der Waals surface area contributed by atoms with Crippen LogP contribution in [0.4, 0.5) is 22.4 Å². The van der Waals surface area contributed by atoms with E-state index in [2.05, 4.69) is 10.6 Å². The van der Waals surface area contributed by atoms with E-state index in [1.165, 1.54) is 4.90 Å². The van der Waals surface area contributed by atoms with Crippen LogP contribution in [-0.4, -0.2) is 68.4 Å². The molecule has 194 valence electrons. The maximum atomic E-state index is 13.8. The molecule has 2 aliphatic heterocycles. The van der Waals surface area contributed by atoms with Crippen molar-refractivity contribution in [1.82, 2.24) is 15.5 Å². The summed E-state index contributed by atoms with van der Waals surface area (Å²) in [5.41, 5.74) is 3.42. The molecule has 2 heterocycles. The second kappa shape index (κ2) is 9.90. The van der Waals surface area contributed by atoms with Gasteiger partial charge in [0.25, 0.3) is 0 Å². The number of ether oxygens (including phenoxy) is 2. The lowest BCUT2D eigenvalue weighted by atomic mass is 9.79. The van der Waals surface area contributed by atoms with Crippen molar-refractivity contribution in [1.29, 1.82) is 0 Å². The molecule has 4 rings (SSSR count). The molecule has 12 heteroatoms. The number of rotatable bonds is 6. The van der Waals surface area contributed by atoms with E-state index in [4.69, 9.17) is 15.2 Å². The molecule has 0 aromatic heterocycles.